The van der Waals surface area contributed by atoms with Crippen molar-refractivity contribution in [3.8, 4) is 33.6 Å². The fraction of sp³-hybridized carbons (Fsp3) is 0.0952. The Bertz CT molecular complexity index is 2310. The normalized spacial score (nSPS) is 11.2. The van der Waals surface area contributed by atoms with Gasteiger partial charge in [0.1, 0.15) is 5.58 Å². The summed E-state index contributed by atoms with van der Waals surface area (Å²) in [7, 11) is 0. The molecule has 1 radical (unpaired) electrons. The van der Waals surface area contributed by atoms with Crippen LogP contribution < -0.4 is 4.40 Å². The minimum atomic E-state index is -1.77. The van der Waals surface area contributed by atoms with E-state index in [-0.39, 0.29) is 20.1 Å². The molecule has 3 heterocycles. The van der Waals surface area contributed by atoms with Gasteiger partial charge in [-0.1, -0.05) is 95.6 Å². The molecule has 0 aliphatic heterocycles. The van der Waals surface area contributed by atoms with Gasteiger partial charge in [-0.25, -0.2) is 0 Å². The molecule has 0 unspecified atom stereocenters. The van der Waals surface area contributed by atoms with E-state index >= 15 is 0 Å². The molecule has 0 spiro atoms. The van der Waals surface area contributed by atoms with Gasteiger partial charge in [0.25, 0.3) is 0 Å². The smallest absolute Gasteiger partial charge is 0.120 e. The predicted octanol–water partition coefficient (Wildman–Crippen LogP) is 10.7. The van der Waals surface area contributed by atoms with Crippen LogP contribution in [0.3, 0.4) is 0 Å². The van der Waals surface area contributed by atoms with Crippen molar-refractivity contribution in [3.63, 3.8) is 0 Å². The molecule has 233 valence electrons. The van der Waals surface area contributed by atoms with Crippen molar-refractivity contribution < 1.29 is 24.5 Å². The summed E-state index contributed by atoms with van der Waals surface area (Å²) in [5, 5.41) is 4.49. The molecule has 0 amide bonds. The van der Waals surface area contributed by atoms with Gasteiger partial charge in [-0.05, 0) is 27.9 Å². The Morgan fingerprint density at radius 2 is 1.38 bits per heavy atom. The molecule has 0 bridgehead atoms. The molecular weight excluding hydrogens is 813 g/mol. The average molecular weight is 848 g/mol. The van der Waals surface area contributed by atoms with E-state index in [0.717, 1.165) is 66.4 Å². The van der Waals surface area contributed by atoms with E-state index in [4.69, 9.17) is 9.40 Å². The number of aryl methyl sites for hydroxylation is 1. The van der Waals surface area contributed by atoms with Crippen LogP contribution >= 0.6 is 0 Å². The van der Waals surface area contributed by atoms with Gasteiger partial charge in [0.15, 0.2) is 0 Å². The second-order valence-corrected chi connectivity index (χ2v) is 23.1. The van der Waals surface area contributed by atoms with Crippen LogP contribution in [-0.4, -0.2) is 23.2 Å². The first-order chi connectivity index (χ1) is 22.4. The summed E-state index contributed by atoms with van der Waals surface area (Å²) < 4.78 is 7.83. The number of nitrogens with zero attached hydrogens (tertiary/aromatic N) is 2. The number of para-hydroxylation sites is 1. The molecular formula is C42H34GeIrN2O-2. The predicted molar refractivity (Wildman–Crippen MR) is 195 cm³/mol. The maximum Gasteiger partial charge on any atom is 0.120 e. The maximum atomic E-state index is 6.34. The van der Waals surface area contributed by atoms with Crippen LogP contribution in [0.1, 0.15) is 5.56 Å². The van der Waals surface area contributed by atoms with Crippen LogP contribution in [0.25, 0.3) is 66.4 Å². The van der Waals surface area contributed by atoms with Gasteiger partial charge in [-0.15, -0.1) is 12.1 Å². The minimum Gasteiger partial charge on any atom is -0.501 e. The number of hydrogen-bond donors (Lipinski definition) is 0. The zero-order valence-electron chi connectivity index (χ0n) is 26.8. The van der Waals surface area contributed by atoms with Crippen LogP contribution in [0.5, 0.6) is 0 Å². The monoisotopic (exact) mass is 849 g/mol. The average Bonchev–Trinajstić information content (AvgIpc) is 3.48. The summed E-state index contributed by atoms with van der Waals surface area (Å²) >= 11 is -1.77. The standard InChI is InChI=1S/C27H16NO.C15H18GeN.Ir/c1-2-8-18(9-3-1)21-14-15-22(24-16-19-10-4-5-11-20(19)17-28-24)27-26(21)23-12-6-7-13-25(23)29-27;1-12-10-15(13-8-6-5-7-9-13)17-11-14(12)16(2,3)4;/h1-14,16-17H;5-8,10-11H,1-4H3;/q2*-1;. The summed E-state index contributed by atoms with van der Waals surface area (Å²) in [5.41, 5.74) is 9.21. The van der Waals surface area contributed by atoms with Crippen LogP contribution in [0, 0.1) is 19.1 Å². The molecule has 3 nitrogen and oxygen atoms in total. The first-order valence-corrected chi connectivity index (χ1v) is 22.9. The Balaban J connectivity index is 0.000000185. The largest absolute Gasteiger partial charge is 0.501 e. The molecule has 0 N–H and O–H groups in total. The van der Waals surface area contributed by atoms with Crippen LogP contribution in [0.2, 0.25) is 17.3 Å². The van der Waals surface area contributed by atoms with Gasteiger partial charge in [-0.3, -0.25) is 0 Å². The Morgan fingerprint density at radius 1 is 0.681 bits per heavy atom. The third kappa shape index (κ3) is 6.73. The molecule has 0 saturated carbocycles. The number of furan rings is 1. The van der Waals surface area contributed by atoms with Gasteiger partial charge in [0.05, 0.1) is 5.58 Å². The Hall–Kier alpha value is -4.35. The zero-order valence-corrected chi connectivity index (χ0v) is 31.3. The van der Waals surface area contributed by atoms with Crippen LogP contribution in [-0.2, 0) is 20.1 Å². The van der Waals surface area contributed by atoms with E-state index in [2.05, 4.69) is 120 Å². The fourth-order valence-electron chi connectivity index (χ4n) is 6.07. The number of aromatic nitrogens is 2. The van der Waals surface area contributed by atoms with Crippen LogP contribution in [0.15, 0.2) is 138 Å². The SMILES string of the molecule is Cc1cc(-c2[c-]cccc2)nc[c]1[Ge]([CH3])([CH3])[CH3].[Ir].[c-]1cc(-c2ccccc2)c2c(oc3ccccc32)c1-c1cc2ccccc2cn1. The molecule has 0 saturated heterocycles. The van der Waals surface area contributed by atoms with E-state index in [0.29, 0.717) is 0 Å². The molecule has 8 rings (SSSR count). The Morgan fingerprint density at radius 3 is 2.13 bits per heavy atom. The van der Waals surface area contributed by atoms with Crippen molar-refractivity contribution in [2.75, 3.05) is 0 Å². The molecule has 5 aromatic carbocycles. The third-order valence-electron chi connectivity index (χ3n) is 8.33. The van der Waals surface area contributed by atoms with Gasteiger partial charge in [0, 0.05) is 31.7 Å². The van der Waals surface area contributed by atoms with Crippen molar-refractivity contribution in [1.82, 2.24) is 9.97 Å². The van der Waals surface area contributed by atoms with Crippen molar-refractivity contribution in [1.29, 1.82) is 0 Å². The van der Waals surface area contributed by atoms with E-state index in [1.807, 2.05) is 54.7 Å². The fourth-order valence-corrected chi connectivity index (χ4v) is 9.65. The van der Waals surface area contributed by atoms with E-state index in [1.54, 1.807) is 0 Å². The summed E-state index contributed by atoms with van der Waals surface area (Å²) in [6, 6.07) is 47.9. The van der Waals surface area contributed by atoms with Gasteiger partial charge >= 0.3 is 106 Å². The number of rotatable bonds is 4. The summed E-state index contributed by atoms with van der Waals surface area (Å²) in [6.45, 7) is 2.19. The topological polar surface area (TPSA) is 38.9 Å². The molecule has 0 aliphatic carbocycles. The van der Waals surface area contributed by atoms with Crippen molar-refractivity contribution in [2.45, 2.75) is 24.2 Å². The van der Waals surface area contributed by atoms with Crippen molar-refractivity contribution in [3.05, 3.63) is 151 Å². The summed E-state index contributed by atoms with van der Waals surface area (Å²) in [4.78, 5) is 9.30. The van der Waals surface area contributed by atoms with Crippen molar-refractivity contribution >= 4 is 50.4 Å². The van der Waals surface area contributed by atoms with Gasteiger partial charge in [-0.2, -0.15) is 0 Å². The number of benzene rings is 5. The maximum absolute atomic E-state index is 6.34. The van der Waals surface area contributed by atoms with Crippen molar-refractivity contribution in [2.24, 2.45) is 0 Å². The first kappa shape index (κ1) is 32.6. The van der Waals surface area contributed by atoms with Gasteiger partial charge < -0.3 is 9.40 Å². The third-order valence-corrected chi connectivity index (χ3v) is 12.8. The van der Waals surface area contributed by atoms with Gasteiger partial charge in [0.2, 0.25) is 0 Å². The molecule has 0 aliphatic rings. The second kappa shape index (κ2) is 13.8. The summed E-state index contributed by atoms with van der Waals surface area (Å²) in [6.07, 6.45) is 3.99. The zero-order chi connectivity index (χ0) is 31.7. The molecule has 0 fully saturated rings. The van der Waals surface area contributed by atoms with Crippen LogP contribution in [0.4, 0.5) is 0 Å². The molecule has 5 heteroatoms. The number of pyridine rings is 2. The Labute approximate surface area is 292 Å². The van der Waals surface area contributed by atoms with E-state index in [1.165, 1.54) is 9.96 Å². The van der Waals surface area contributed by atoms with E-state index < -0.39 is 13.3 Å². The number of hydrogen-bond acceptors (Lipinski definition) is 3. The summed E-state index contributed by atoms with van der Waals surface area (Å²) in [5.74, 6) is 7.20. The number of fused-ring (bicyclic) bond motifs is 4. The molecule has 0 atom stereocenters. The minimum absolute atomic E-state index is 0. The quantitative estimate of drug-likeness (QED) is 0.131. The molecule has 8 aromatic rings. The van der Waals surface area contributed by atoms with E-state index in [9.17, 15) is 0 Å². The Kier molecular flexibility index (Phi) is 9.56. The first-order valence-electron chi connectivity index (χ1n) is 15.6. The second-order valence-electron chi connectivity index (χ2n) is 12.6. The molecule has 3 aromatic heterocycles. The molecule has 47 heavy (non-hydrogen) atoms.